The van der Waals surface area contributed by atoms with Crippen molar-refractivity contribution in [3.05, 3.63) is 102 Å². The van der Waals surface area contributed by atoms with E-state index < -0.39 is 0 Å². The second kappa shape index (κ2) is 8.10. The number of benzene rings is 3. The number of carbonyl (C=O) groups is 2. The fourth-order valence-electron chi connectivity index (χ4n) is 3.50. The first kappa shape index (κ1) is 18.6. The van der Waals surface area contributed by atoms with E-state index in [-0.39, 0.29) is 41.9 Å². The van der Waals surface area contributed by atoms with Gasteiger partial charge in [0, 0.05) is 17.9 Å². The third kappa shape index (κ3) is 3.94. The molecular weight excluding hydrogens is 364 g/mol. The van der Waals surface area contributed by atoms with Crippen LogP contribution in [0.1, 0.15) is 32.7 Å². The Kier molecular flexibility index (Phi) is 5.20. The highest BCUT2D eigenvalue weighted by Crippen LogP contribution is 2.27. The minimum Gasteiger partial charge on any atom is -0.507 e. The number of phenolic OH excluding ortho intramolecular Hbond substituents is 1. The predicted octanol–water partition coefficient (Wildman–Crippen LogP) is 4.14. The van der Waals surface area contributed by atoms with Crippen molar-refractivity contribution < 1.29 is 14.7 Å². The number of para-hydroxylation sites is 1. The van der Waals surface area contributed by atoms with E-state index in [2.05, 4.69) is 5.10 Å². The molecule has 0 radical (unpaired) electrons. The Balaban J connectivity index is 1.63. The van der Waals surface area contributed by atoms with Gasteiger partial charge in [-0.25, -0.2) is 5.01 Å². The van der Waals surface area contributed by atoms with Crippen LogP contribution in [0.25, 0.3) is 0 Å². The maximum absolute atomic E-state index is 12.9. The van der Waals surface area contributed by atoms with Gasteiger partial charge in [-0.05, 0) is 17.7 Å². The first-order valence-electron chi connectivity index (χ1n) is 9.45. The molecule has 29 heavy (non-hydrogen) atoms. The smallest absolute Gasteiger partial charge is 0.277 e. The summed E-state index contributed by atoms with van der Waals surface area (Å²) in [5, 5.41) is 15.9. The molecule has 5 heteroatoms. The van der Waals surface area contributed by atoms with E-state index in [1.165, 1.54) is 11.1 Å². The van der Waals surface area contributed by atoms with Gasteiger partial charge >= 0.3 is 0 Å². The lowest BCUT2D eigenvalue weighted by Gasteiger charge is -2.15. The molecule has 144 valence electrons. The zero-order valence-corrected chi connectivity index (χ0v) is 15.7. The molecule has 3 aromatic carbocycles. The average Bonchev–Trinajstić information content (AvgIpc) is 3.18. The Morgan fingerprint density at radius 3 is 2.21 bits per heavy atom. The van der Waals surface area contributed by atoms with Crippen molar-refractivity contribution >= 4 is 17.4 Å². The molecule has 0 spiro atoms. The summed E-state index contributed by atoms with van der Waals surface area (Å²) in [7, 11) is 0. The number of aromatic hydroxyl groups is 1. The van der Waals surface area contributed by atoms with Crippen LogP contribution in [-0.2, 0) is 0 Å². The first-order chi connectivity index (χ1) is 14.1. The van der Waals surface area contributed by atoms with E-state index in [1.807, 2.05) is 48.5 Å². The molecule has 1 N–H and O–H groups in total. The molecule has 0 fully saturated rings. The Morgan fingerprint density at radius 1 is 0.897 bits per heavy atom. The summed E-state index contributed by atoms with van der Waals surface area (Å²) in [4.78, 5) is 25.7. The Morgan fingerprint density at radius 2 is 1.52 bits per heavy atom. The molecule has 3 aromatic rings. The SMILES string of the molecule is O=C(C[C@H]1CN(C(=O)c2ccccc2O)N=C1c1ccccc1)c1ccccc1. The minimum absolute atomic E-state index is 0.0103. The van der Waals surface area contributed by atoms with Crippen LogP contribution in [-0.4, -0.2) is 34.1 Å². The van der Waals surface area contributed by atoms with Crippen molar-refractivity contribution in [1.29, 1.82) is 0 Å². The van der Waals surface area contributed by atoms with Crippen molar-refractivity contribution in [2.24, 2.45) is 11.0 Å². The van der Waals surface area contributed by atoms with Gasteiger partial charge in [0.1, 0.15) is 5.75 Å². The highest BCUT2D eigenvalue weighted by Gasteiger charge is 2.33. The lowest BCUT2D eigenvalue weighted by molar-refractivity contribution is 0.0757. The van der Waals surface area contributed by atoms with E-state index in [0.29, 0.717) is 11.3 Å². The van der Waals surface area contributed by atoms with Crippen LogP contribution in [0.15, 0.2) is 90.0 Å². The molecule has 0 bridgehead atoms. The maximum atomic E-state index is 12.9. The molecule has 0 aliphatic carbocycles. The van der Waals surface area contributed by atoms with Gasteiger partial charge in [0.2, 0.25) is 0 Å². The number of amides is 1. The molecule has 5 nitrogen and oxygen atoms in total. The monoisotopic (exact) mass is 384 g/mol. The zero-order valence-electron chi connectivity index (χ0n) is 15.7. The quantitative estimate of drug-likeness (QED) is 0.672. The molecule has 0 aromatic heterocycles. The molecule has 1 amide bonds. The Labute approximate surface area is 168 Å². The fourth-order valence-corrected chi connectivity index (χ4v) is 3.50. The second-order valence-electron chi connectivity index (χ2n) is 6.95. The molecule has 0 unspecified atom stereocenters. The van der Waals surface area contributed by atoms with Gasteiger partial charge in [-0.15, -0.1) is 0 Å². The molecule has 0 saturated carbocycles. The summed E-state index contributed by atoms with van der Waals surface area (Å²) in [5.41, 5.74) is 2.42. The van der Waals surface area contributed by atoms with Gasteiger partial charge in [-0.2, -0.15) is 5.10 Å². The number of rotatable bonds is 5. The van der Waals surface area contributed by atoms with E-state index in [9.17, 15) is 14.7 Å². The summed E-state index contributed by atoms with van der Waals surface area (Å²) in [5.74, 6) is -0.681. The van der Waals surface area contributed by atoms with Crippen LogP contribution >= 0.6 is 0 Å². The Bertz CT molecular complexity index is 1060. The van der Waals surface area contributed by atoms with Crippen molar-refractivity contribution in [3.8, 4) is 5.75 Å². The van der Waals surface area contributed by atoms with Gasteiger partial charge in [0.25, 0.3) is 5.91 Å². The summed E-state index contributed by atoms with van der Waals surface area (Å²) in [6.45, 7) is 0.288. The summed E-state index contributed by atoms with van der Waals surface area (Å²) < 4.78 is 0. The number of hydrogen-bond donors (Lipinski definition) is 1. The van der Waals surface area contributed by atoms with Gasteiger partial charge in [-0.1, -0.05) is 72.8 Å². The predicted molar refractivity (Wildman–Crippen MR) is 111 cm³/mol. The van der Waals surface area contributed by atoms with Crippen molar-refractivity contribution in [1.82, 2.24) is 5.01 Å². The van der Waals surface area contributed by atoms with Crippen LogP contribution in [0.4, 0.5) is 0 Å². The summed E-state index contributed by atoms with van der Waals surface area (Å²) >= 11 is 0. The lowest BCUT2D eigenvalue weighted by Crippen LogP contribution is -2.27. The van der Waals surface area contributed by atoms with E-state index in [1.54, 1.807) is 30.3 Å². The number of ketones is 1. The number of nitrogens with zero attached hydrogens (tertiary/aromatic N) is 2. The third-order valence-corrected chi connectivity index (χ3v) is 4.97. The third-order valence-electron chi connectivity index (χ3n) is 4.97. The number of phenols is 1. The average molecular weight is 384 g/mol. The molecule has 1 aliphatic rings. The number of Topliss-reactive ketones (excluding diaryl/α,β-unsaturated/α-hetero) is 1. The maximum Gasteiger partial charge on any atom is 0.277 e. The van der Waals surface area contributed by atoms with Crippen molar-refractivity contribution in [2.75, 3.05) is 6.54 Å². The van der Waals surface area contributed by atoms with Crippen LogP contribution in [0, 0.1) is 5.92 Å². The molecule has 1 heterocycles. The zero-order chi connectivity index (χ0) is 20.2. The molecular formula is C24H20N2O3. The minimum atomic E-state index is -0.383. The van der Waals surface area contributed by atoms with Gasteiger partial charge in [0.15, 0.2) is 5.78 Å². The van der Waals surface area contributed by atoms with E-state index >= 15 is 0 Å². The fraction of sp³-hybridized carbons (Fsp3) is 0.125. The normalized spacial score (nSPS) is 15.8. The highest BCUT2D eigenvalue weighted by molar-refractivity contribution is 6.09. The molecule has 1 atom stereocenters. The summed E-state index contributed by atoms with van der Waals surface area (Å²) in [6, 6.07) is 25.1. The van der Waals surface area contributed by atoms with Crippen molar-refractivity contribution in [3.63, 3.8) is 0 Å². The van der Waals surface area contributed by atoms with Crippen LogP contribution in [0.5, 0.6) is 5.75 Å². The second-order valence-corrected chi connectivity index (χ2v) is 6.95. The standard InChI is InChI=1S/C24H20N2O3/c27-21-14-8-7-13-20(21)24(29)26-16-19(15-22(28)17-9-3-1-4-10-17)23(25-26)18-11-5-2-6-12-18/h1-14,19,27H,15-16H2/t19-/m0/s1. The van der Waals surface area contributed by atoms with E-state index in [0.717, 1.165) is 5.56 Å². The van der Waals surface area contributed by atoms with Gasteiger partial charge in [-0.3, -0.25) is 9.59 Å². The van der Waals surface area contributed by atoms with E-state index in [4.69, 9.17) is 0 Å². The van der Waals surface area contributed by atoms with Gasteiger partial charge in [0.05, 0.1) is 17.8 Å². The molecule has 4 rings (SSSR count). The molecule has 1 aliphatic heterocycles. The summed E-state index contributed by atoms with van der Waals surface area (Å²) in [6.07, 6.45) is 0.252. The number of hydrogen-bond acceptors (Lipinski definition) is 4. The van der Waals surface area contributed by atoms with Crippen LogP contribution in [0.2, 0.25) is 0 Å². The Hall–Kier alpha value is -3.73. The lowest BCUT2D eigenvalue weighted by atomic mass is 9.91. The van der Waals surface area contributed by atoms with Crippen LogP contribution in [0.3, 0.4) is 0 Å². The highest BCUT2D eigenvalue weighted by atomic mass is 16.3. The van der Waals surface area contributed by atoms with Crippen molar-refractivity contribution in [2.45, 2.75) is 6.42 Å². The van der Waals surface area contributed by atoms with Gasteiger partial charge < -0.3 is 5.11 Å². The topological polar surface area (TPSA) is 70.0 Å². The number of hydrazone groups is 1. The first-order valence-corrected chi connectivity index (χ1v) is 9.45. The largest absolute Gasteiger partial charge is 0.507 e. The number of carbonyl (C=O) groups excluding carboxylic acids is 2. The van der Waals surface area contributed by atoms with Crippen LogP contribution < -0.4 is 0 Å². The molecule has 0 saturated heterocycles.